The molecule has 0 fully saturated rings. The number of aryl methyl sites for hydroxylation is 1. The molecule has 2 heterocycles. The van der Waals surface area contributed by atoms with Gasteiger partial charge in [-0.05, 0) is 65.1 Å². The normalized spacial score (nSPS) is 12.4. The predicted molar refractivity (Wildman–Crippen MR) is 81.0 cm³/mol. The molecule has 0 spiro atoms. The monoisotopic (exact) mass is 319 g/mol. The molecule has 2 aromatic rings. The lowest BCUT2D eigenvalue weighted by molar-refractivity contribution is 0.548. The second-order valence-corrected chi connectivity index (χ2v) is 5.47. The van der Waals surface area contributed by atoms with Gasteiger partial charge in [0.15, 0.2) is 0 Å². The van der Waals surface area contributed by atoms with Gasteiger partial charge in [-0.3, -0.25) is 9.97 Å². The van der Waals surface area contributed by atoms with E-state index in [0.29, 0.717) is 6.04 Å². The van der Waals surface area contributed by atoms with Gasteiger partial charge in [0.25, 0.3) is 0 Å². The lowest BCUT2D eigenvalue weighted by Crippen LogP contribution is -2.23. The van der Waals surface area contributed by atoms with Gasteiger partial charge in [-0.1, -0.05) is 6.92 Å². The maximum atomic E-state index is 4.26. The van der Waals surface area contributed by atoms with Crippen molar-refractivity contribution in [3.05, 3.63) is 58.1 Å². The zero-order valence-corrected chi connectivity index (χ0v) is 12.8. The second-order valence-electron chi connectivity index (χ2n) is 4.56. The van der Waals surface area contributed by atoms with Crippen molar-refractivity contribution >= 4 is 15.9 Å². The van der Waals surface area contributed by atoms with E-state index in [0.717, 1.165) is 23.1 Å². The summed E-state index contributed by atoms with van der Waals surface area (Å²) in [5, 5.41) is 3.52. The summed E-state index contributed by atoms with van der Waals surface area (Å²) in [7, 11) is 0. The van der Waals surface area contributed by atoms with Crippen LogP contribution < -0.4 is 5.32 Å². The van der Waals surface area contributed by atoms with Gasteiger partial charge in [0.2, 0.25) is 0 Å². The molecule has 4 heteroatoms. The van der Waals surface area contributed by atoms with Crippen LogP contribution in [0.5, 0.6) is 0 Å². The Hall–Kier alpha value is -1.26. The fourth-order valence-corrected chi connectivity index (χ4v) is 2.55. The summed E-state index contributed by atoms with van der Waals surface area (Å²) in [4.78, 5) is 8.48. The molecule has 1 unspecified atom stereocenters. The fraction of sp³-hybridized carbons (Fsp3) is 0.333. The van der Waals surface area contributed by atoms with Gasteiger partial charge in [-0.15, -0.1) is 0 Å². The molecule has 3 nitrogen and oxygen atoms in total. The first-order valence-corrected chi connectivity index (χ1v) is 7.23. The molecule has 0 saturated carbocycles. The van der Waals surface area contributed by atoms with Crippen LogP contribution in [0, 0.1) is 6.92 Å². The average Bonchev–Trinajstić information content (AvgIpc) is 2.38. The van der Waals surface area contributed by atoms with Gasteiger partial charge in [0, 0.05) is 34.8 Å². The van der Waals surface area contributed by atoms with E-state index in [1.165, 1.54) is 11.1 Å². The third-order valence-corrected chi connectivity index (χ3v) is 3.41. The summed E-state index contributed by atoms with van der Waals surface area (Å²) in [5.41, 5.74) is 3.54. The molecule has 2 aromatic heterocycles. The number of nitrogens with zero attached hydrogens (tertiary/aromatic N) is 2. The minimum absolute atomic E-state index is 0.294. The van der Waals surface area contributed by atoms with Crippen LogP contribution in [-0.4, -0.2) is 16.5 Å². The molecule has 0 amide bonds. The zero-order chi connectivity index (χ0) is 13.7. The van der Waals surface area contributed by atoms with E-state index in [9.17, 15) is 0 Å². The Kier molecular flexibility index (Phi) is 5.05. The summed E-state index contributed by atoms with van der Waals surface area (Å²) in [6.07, 6.45) is 6.52. The number of aromatic nitrogens is 2. The quantitative estimate of drug-likeness (QED) is 0.917. The number of pyridine rings is 2. The summed E-state index contributed by atoms with van der Waals surface area (Å²) in [5.74, 6) is 0. The predicted octanol–water partition coefficient (Wildman–Crippen LogP) is 3.44. The number of likely N-dealkylation sites (N-methyl/N-ethyl adjacent to an activating group) is 1. The maximum absolute atomic E-state index is 4.26. The zero-order valence-electron chi connectivity index (χ0n) is 11.2. The smallest absolute Gasteiger partial charge is 0.0410 e. The van der Waals surface area contributed by atoms with Gasteiger partial charge in [0.1, 0.15) is 0 Å². The fourth-order valence-electron chi connectivity index (χ4n) is 2.14. The minimum atomic E-state index is 0.294. The molecule has 0 aromatic carbocycles. The first-order chi connectivity index (χ1) is 9.19. The molecular formula is C15H18BrN3. The van der Waals surface area contributed by atoms with Crippen LogP contribution in [0.15, 0.2) is 41.3 Å². The van der Waals surface area contributed by atoms with Crippen LogP contribution in [0.25, 0.3) is 0 Å². The van der Waals surface area contributed by atoms with Crippen molar-refractivity contribution in [1.82, 2.24) is 15.3 Å². The molecule has 0 aliphatic rings. The van der Waals surface area contributed by atoms with E-state index in [2.05, 4.69) is 56.3 Å². The Balaban J connectivity index is 2.21. The van der Waals surface area contributed by atoms with Crippen LogP contribution in [-0.2, 0) is 6.42 Å². The van der Waals surface area contributed by atoms with Gasteiger partial charge in [-0.2, -0.15) is 0 Å². The highest BCUT2D eigenvalue weighted by molar-refractivity contribution is 9.10. The Labute approximate surface area is 122 Å². The highest BCUT2D eigenvalue weighted by Gasteiger charge is 2.12. The van der Waals surface area contributed by atoms with Crippen molar-refractivity contribution in [2.45, 2.75) is 26.3 Å². The van der Waals surface area contributed by atoms with Gasteiger partial charge in [-0.25, -0.2) is 0 Å². The van der Waals surface area contributed by atoms with Crippen LogP contribution >= 0.6 is 15.9 Å². The molecule has 0 radical (unpaired) electrons. The van der Waals surface area contributed by atoms with Crippen molar-refractivity contribution < 1.29 is 0 Å². The van der Waals surface area contributed by atoms with Crippen molar-refractivity contribution in [2.75, 3.05) is 6.54 Å². The maximum Gasteiger partial charge on any atom is 0.0410 e. The number of hydrogen-bond acceptors (Lipinski definition) is 3. The first-order valence-electron chi connectivity index (χ1n) is 6.44. The van der Waals surface area contributed by atoms with E-state index < -0.39 is 0 Å². The van der Waals surface area contributed by atoms with E-state index in [4.69, 9.17) is 0 Å². The van der Waals surface area contributed by atoms with Crippen LogP contribution in [0.1, 0.15) is 29.8 Å². The summed E-state index contributed by atoms with van der Waals surface area (Å²) in [6.45, 7) is 5.08. The van der Waals surface area contributed by atoms with Crippen molar-refractivity contribution in [3.63, 3.8) is 0 Å². The van der Waals surface area contributed by atoms with Gasteiger partial charge < -0.3 is 5.32 Å². The largest absolute Gasteiger partial charge is 0.310 e. The highest BCUT2D eigenvalue weighted by Crippen LogP contribution is 2.20. The standard InChI is InChI=1S/C15H18BrN3/c1-3-18-15(13-4-5-19-11(2)6-13)8-12-7-14(16)10-17-9-12/h4-7,9-10,15,18H,3,8H2,1-2H3. The van der Waals surface area contributed by atoms with E-state index in [-0.39, 0.29) is 0 Å². The Morgan fingerprint density at radius 2 is 2.16 bits per heavy atom. The Morgan fingerprint density at radius 3 is 2.84 bits per heavy atom. The minimum Gasteiger partial charge on any atom is -0.310 e. The average molecular weight is 320 g/mol. The molecule has 19 heavy (non-hydrogen) atoms. The molecule has 0 aliphatic heterocycles. The molecule has 1 N–H and O–H groups in total. The molecule has 0 aliphatic carbocycles. The van der Waals surface area contributed by atoms with Crippen molar-refractivity contribution in [3.8, 4) is 0 Å². The number of halogens is 1. The Bertz CT molecular complexity index is 542. The lowest BCUT2D eigenvalue weighted by Gasteiger charge is -2.18. The van der Waals surface area contributed by atoms with E-state index in [1.807, 2.05) is 25.5 Å². The number of nitrogens with one attached hydrogen (secondary N) is 1. The number of hydrogen-bond donors (Lipinski definition) is 1. The summed E-state index contributed by atoms with van der Waals surface area (Å²) >= 11 is 3.47. The summed E-state index contributed by atoms with van der Waals surface area (Å²) in [6, 6.07) is 6.62. The molecule has 0 bridgehead atoms. The van der Waals surface area contributed by atoms with Crippen molar-refractivity contribution in [1.29, 1.82) is 0 Å². The van der Waals surface area contributed by atoms with Crippen molar-refractivity contribution in [2.24, 2.45) is 0 Å². The number of rotatable bonds is 5. The molecule has 0 saturated heterocycles. The molecular weight excluding hydrogens is 302 g/mol. The van der Waals surface area contributed by atoms with E-state index >= 15 is 0 Å². The summed E-state index contributed by atoms with van der Waals surface area (Å²) < 4.78 is 1.02. The molecule has 1 atom stereocenters. The van der Waals surface area contributed by atoms with E-state index in [1.54, 1.807) is 0 Å². The Morgan fingerprint density at radius 1 is 1.32 bits per heavy atom. The highest BCUT2D eigenvalue weighted by atomic mass is 79.9. The second kappa shape index (κ2) is 6.78. The third kappa shape index (κ3) is 4.11. The van der Waals surface area contributed by atoms with Gasteiger partial charge in [0.05, 0.1) is 0 Å². The topological polar surface area (TPSA) is 37.8 Å². The SMILES string of the molecule is CCNC(Cc1cncc(Br)c1)c1ccnc(C)c1. The molecule has 2 rings (SSSR count). The van der Waals surface area contributed by atoms with Crippen LogP contribution in [0.4, 0.5) is 0 Å². The van der Waals surface area contributed by atoms with Crippen LogP contribution in [0.3, 0.4) is 0 Å². The van der Waals surface area contributed by atoms with Crippen LogP contribution in [0.2, 0.25) is 0 Å². The third-order valence-electron chi connectivity index (χ3n) is 2.97. The van der Waals surface area contributed by atoms with Gasteiger partial charge >= 0.3 is 0 Å². The lowest BCUT2D eigenvalue weighted by atomic mass is 10.00. The first kappa shape index (κ1) is 14.2. The molecule has 100 valence electrons.